The molecule has 1 aliphatic rings. The number of carbonyl (C=O) groups excluding carboxylic acids is 1. The second-order valence-corrected chi connectivity index (χ2v) is 3.94. The van der Waals surface area contributed by atoms with Gasteiger partial charge in [-0.1, -0.05) is 11.6 Å². The molecule has 0 saturated heterocycles. The molecule has 0 unspecified atom stereocenters. The summed E-state index contributed by atoms with van der Waals surface area (Å²) < 4.78 is 0. The number of hydrogen-bond donors (Lipinski definition) is 2. The lowest BCUT2D eigenvalue weighted by Gasteiger charge is -2.14. The highest BCUT2D eigenvalue weighted by atomic mass is 16.3. The van der Waals surface area contributed by atoms with Crippen LogP contribution in [0, 0.1) is 0 Å². The van der Waals surface area contributed by atoms with Crippen LogP contribution in [0.1, 0.15) is 39.0 Å². The molecule has 1 amide bonds. The van der Waals surface area contributed by atoms with E-state index < -0.39 is 0 Å². The van der Waals surface area contributed by atoms with Gasteiger partial charge in [0.1, 0.15) is 0 Å². The van der Waals surface area contributed by atoms with Crippen molar-refractivity contribution in [3.05, 3.63) is 11.6 Å². The van der Waals surface area contributed by atoms with Gasteiger partial charge in [0.2, 0.25) is 5.91 Å². The maximum atomic E-state index is 11.4. The van der Waals surface area contributed by atoms with Gasteiger partial charge in [0.15, 0.2) is 0 Å². The first-order chi connectivity index (χ1) is 6.72. The zero-order valence-corrected chi connectivity index (χ0v) is 8.75. The Morgan fingerprint density at radius 3 is 3.00 bits per heavy atom. The van der Waals surface area contributed by atoms with Crippen molar-refractivity contribution in [2.24, 2.45) is 0 Å². The van der Waals surface area contributed by atoms with Crippen LogP contribution in [-0.2, 0) is 4.79 Å². The van der Waals surface area contributed by atoms with Crippen molar-refractivity contribution in [1.82, 2.24) is 5.32 Å². The van der Waals surface area contributed by atoms with E-state index in [9.17, 15) is 4.79 Å². The van der Waals surface area contributed by atoms with Crippen LogP contribution in [0.4, 0.5) is 0 Å². The van der Waals surface area contributed by atoms with Crippen LogP contribution in [-0.4, -0.2) is 23.7 Å². The van der Waals surface area contributed by atoms with Gasteiger partial charge in [-0.2, -0.15) is 0 Å². The van der Waals surface area contributed by atoms with Gasteiger partial charge in [-0.3, -0.25) is 4.79 Å². The normalized spacial score (nSPS) is 18.6. The summed E-state index contributed by atoms with van der Waals surface area (Å²) in [6.45, 7) is 1.80. The maximum absolute atomic E-state index is 11.4. The molecule has 1 aliphatic carbocycles. The number of amides is 1. The predicted octanol–water partition coefficient (Wildman–Crippen LogP) is 1.37. The molecular weight excluding hydrogens is 178 g/mol. The molecule has 0 heterocycles. The number of rotatable bonds is 4. The number of aliphatic hydroxyl groups excluding tert-OH is 1. The summed E-state index contributed by atoms with van der Waals surface area (Å²) in [5.74, 6) is 0.0275. The highest BCUT2D eigenvalue weighted by molar-refractivity contribution is 5.78. The van der Waals surface area contributed by atoms with Gasteiger partial charge in [0, 0.05) is 12.5 Å². The third kappa shape index (κ3) is 3.92. The first-order valence-corrected chi connectivity index (χ1v) is 5.30. The summed E-state index contributed by atoms with van der Waals surface area (Å²) in [5, 5.41) is 11.5. The van der Waals surface area contributed by atoms with E-state index >= 15 is 0 Å². The molecule has 3 heteroatoms. The SMILES string of the molecule is C[C@@H](CO)NC(=O)CC1=CCCCC1. The van der Waals surface area contributed by atoms with E-state index in [-0.39, 0.29) is 18.6 Å². The number of carbonyl (C=O) groups is 1. The smallest absolute Gasteiger partial charge is 0.224 e. The van der Waals surface area contributed by atoms with Gasteiger partial charge < -0.3 is 10.4 Å². The van der Waals surface area contributed by atoms with Crippen LogP contribution < -0.4 is 5.32 Å². The summed E-state index contributed by atoms with van der Waals surface area (Å²) in [5.41, 5.74) is 1.25. The van der Waals surface area contributed by atoms with Crippen LogP contribution in [0.25, 0.3) is 0 Å². The Labute approximate surface area is 85.2 Å². The molecule has 14 heavy (non-hydrogen) atoms. The van der Waals surface area contributed by atoms with Gasteiger partial charge in [-0.15, -0.1) is 0 Å². The zero-order valence-electron chi connectivity index (χ0n) is 8.75. The Morgan fingerprint density at radius 1 is 1.64 bits per heavy atom. The maximum Gasteiger partial charge on any atom is 0.224 e. The minimum Gasteiger partial charge on any atom is -0.394 e. The van der Waals surface area contributed by atoms with E-state index in [2.05, 4.69) is 11.4 Å². The fourth-order valence-electron chi connectivity index (χ4n) is 1.64. The first kappa shape index (κ1) is 11.2. The van der Waals surface area contributed by atoms with Crippen molar-refractivity contribution in [2.45, 2.75) is 45.1 Å². The molecule has 0 aromatic heterocycles. The van der Waals surface area contributed by atoms with E-state index in [4.69, 9.17) is 5.11 Å². The van der Waals surface area contributed by atoms with Crippen LogP contribution in [0.15, 0.2) is 11.6 Å². The van der Waals surface area contributed by atoms with E-state index in [1.807, 2.05) is 0 Å². The summed E-state index contributed by atoms with van der Waals surface area (Å²) in [6, 6.07) is -0.133. The number of hydrogen-bond acceptors (Lipinski definition) is 2. The molecule has 0 aromatic rings. The quantitative estimate of drug-likeness (QED) is 0.669. The predicted molar refractivity (Wildman–Crippen MR) is 55.9 cm³/mol. The number of aliphatic hydroxyl groups is 1. The lowest BCUT2D eigenvalue weighted by Crippen LogP contribution is -2.35. The van der Waals surface area contributed by atoms with Crippen LogP contribution >= 0.6 is 0 Å². The molecule has 0 bridgehead atoms. The standard InChI is InChI=1S/C11H19NO2/c1-9(8-13)12-11(14)7-10-5-3-2-4-6-10/h5,9,13H,2-4,6-8H2,1H3,(H,12,14)/t9-/m0/s1. The second-order valence-electron chi connectivity index (χ2n) is 3.94. The Kier molecular flexibility index (Phi) is 4.66. The molecule has 2 N–H and O–H groups in total. The van der Waals surface area contributed by atoms with Gasteiger partial charge in [-0.25, -0.2) is 0 Å². The minimum atomic E-state index is -0.133. The molecule has 0 saturated carbocycles. The minimum absolute atomic E-state index is 0.00475. The Balaban J connectivity index is 2.29. The summed E-state index contributed by atoms with van der Waals surface area (Å²) >= 11 is 0. The molecule has 3 nitrogen and oxygen atoms in total. The lowest BCUT2D eigenvalue weighted by molar-refractivity contribution is -0.121. The Bertz CT molecular complexity index is 223. The highest BCUT2D eigenvalue weighted by Gasteiger charge is 2.10. The third-order valence-corrected chi connectivity index (χ3v) is 2.45. The number of nitrogens with one attached hydrogen (secondary N) is 1. The Hall–Kier alpha value is -0.830. The largest absolute Gasteiger partial charge is 0.394 e. The molecule has 0 radical (unpaired) electrons. The van der Waals surface area contributed by atoms with Gasteiger partial charge >= 0.3 is 0 Å². The second kappa shape index (κ2) is 5.81. The van der Waals surface area contributed by atoms with Gasteiger partial charge in [0.05, 0.1) is 6.61 Å². The molecule has 0 aliphatic heterocycles. The average Bonchev–Trinajstić information content (AvgIpc) is 2.19. The fourth-order valence-corrected chi connectivity index (χ4v) is 1.64. The molecule has 0 fully saturated rings. The molecule has 1 atom stereocenters. The van der Waals surface area contributed by atoms with Crippen LogP contribution in [0.5, 0.6) is 0 Å². The van der Waals surface area contributed by atoms with Crippen molar-refractivity contribution in [1.29, 1.82) is 0 Å². The molecular formula is C11H19NO2. The fraction of sp³-hybridized carbons (Fsp3) is 0.727. The highest BCUT2D eigenvalue weighted by Crippen LogP contribution is 2.19. The van der Waals surface area contributed by atoms with E-state index in [1.54, 1.807) is 6.92 Å². The average molecular weight is 197 g/mol. The van der Waals surface area contributed by atoms with Crippen molar-refractivity contribution >= 4 is 5.91 Å². The van der Waals surface area contributed by atoms with E-state index in [0.717, 1.165) is 12.8 Å². The van der Waals surface area contributed by atoms with Crippen molar-refractivity contribution < 1.29 is 9.90 Å². The topological polar surface area (TPSA) is 49.3 Å². The number of allylic oxidation sites excluding steroid dienone is 1. The van der Waals surface area contributed by atoms with Crippen molar-refractivity contribution in [2.75, 3.05) is 6.61 Å². The first-order valence-electron chi connectivity index (χ1n) is 5.30. The lowest BCUT2D eigenvalue weighted by atomic mass is 9.97. The summed E-state index contributed by atoms with van der Waals surface area (Å²) in [4.78, 5) is 11.4. The van der Waals surface area contributed by atoms with Crippen LogP contribution in [0.3, 0.4) is 0 Å². The molecule has 0 spiro atoms. The van der Waals surface area contributed by atoms with Crippen LogP contribution in [0.2, 0.25) is 0 Å². The Morgan fingerprint density at radius 2 is 2.43 bits per heavy atom. The summed E-state index contributed by atoms with van der Waals surface area (Å²) in [6.07, 6.45) is 7.29. The van der Waals surface area contributed by atoms with Gasteiger partial charge in [0.25, 0.3) is 0 Å². The molecule has 80 valence electrons. The third-order valence-electron chi connectivity index (χ3n) is 2.45. The zero-order chi connectivity index (χ0) is 10.4. The van der Waals surface area contributed by atoms with Gasteiger partial charge in [-0.05, 0) is 32.6 Å². The van der Waals surface area contributed by atoms with E-state index in [0.29, 0.717) is 6.42 Å². The summed E-state index contributed by atoms with van der Waals surface area (Å²) in [7, 11) is 0. The molecule has 1 rings (SSSR count). The van der Waals surface area contributed by atoms with E-state index in [1.165, 1.54) is 18.4 Å². The van der Waals surface area contributed by atoms with Crippen molar-refractivity contribution in [3.8, 4) is 0 Å². The monoisotopic (exact) mass is 197 g/mol. The van der Waals surface area contributed by atoms with Crippen molar-refractivity contribution in [3.63, 3.8) is 0 Å². The molecule has 0 aromatic carbocycles.